The molecule has 0 radical (unpaired) electrons. The van der Waals surface area contributed by atoms with E-state index in [1.807, 2.05) is 6.92 Å². The van der Waals surface area contributed by atoms with Crippen molar-refractivity contribution < 1.29 is 0 Å². The lowest BCUT2D eigenvalue weighted by atomic mass is 9.89. The number of alkyl halides is 4. The second-order valence-electron chi connectivity index (χ2n) is 3.22. The van der Waals surface area contributed by atoms with Crippen LogP contribution in [0.15, 0.2) is 0 Å². The van der Waals surface area contributed by atoms with Gasteiger partial charge in [0.05, 0.1) is 21.0 Å². The summed E-state index contributed by atoms with van der Waals surface area (Å²) in [5, 5.41) is -0.151. The Morgan fingerprint density at radius 1 is 1.18 bits per heavy atom. The van der Waals surface area contributed by atoms with Gasteiger partial charge in [0.25, 0.3) is 0 Å². The van der Waals surface area contributed by atoms with Crippen molar-refractivity contribution in [2.75, 3.05) is 0 Å². The van der Waals surface area contributed by atoms with Crippen LogP contribution >= 0.6 is 46.4 Å². The molecule has 0 spiro atoms. The van der Waals surface area contributed by atoms with Crippen LogP contribution in [0.1, 0.15) is 19.8 Å². The highest BCUT2D eigenvalue weighted by atomic mass is 35.5. The summed E-state index contributed by atoms with van der Waals surface area (Å²) in [5.41, 5.74) is 0. The Kier molecular flexibility index (Phi) is 3.25. The molecule has 1 aliphatic carbocycles. The molecular weight excluding hydrogens is 226 g/mol. The molecule has 0 N–H and O–H groups in total. The first-order chi connectivity index (χ1) is 4.93. The first-order valence-electron chi connectivity index (χ1n) is 3.54. The third kappa shape index (κ3) is 2.30. The molecule has 1 saturated carbocycles. The van der Waals surface area contributed by atoms with Gasteiger partial charge in [-0.3, -0.25) is 0 Å². The molecule has 1 rings (SSSR count). The monoisotopic (exact) mass is 234 g/mol. The fourth-order valence-corrected chi connectivity index (χ4v) is 2.63. The summed E-state index contributed by atoms with van der Waals surface area (Å²) in [4.78, 5) is -0.390. The minimum atomic E-state index is -0.390. The van der Waals surface area contributed by atoms with Gasteiger partial charge in [0, 0.05) is 0 Å². The highest BCUT2D eigenvalue weighted by Crippen LogP contribution is 2.41. The van der Waals surface area contributed by atoms with Crippen LogP contribution in [-0.2, 0) is 0 Å². The van der Waals surface area contributed by atoms with E-state index in [2.05, 4.69) is 0 Å². The van der Waals surface area contributed by atoms with Crippen molar-refractivity contribution in [3.05, 3.63) is 0 Å². The first kappa shape index (κ1) is 10.2. The third-order valence-electron chi connectivity index (χ3n) is 2.07. The van der Waals surface area contributed by atoms with E-state index in [1.54, 1.807) is 0 Å². The van der Waals surface area contributed by atoms with Crippen molar-refractivity contribution in [3.8, 4) is 0 Å². The third-order valence-corrected chi connectivity index (χ3v) is 4.33. The fourth-order valence-electron chi connectivity index (χ4n) is 1.23. The van der Waals surface area contributed by atoms with E-state index in [1.165, 1.54) is 0 Å². The second-order valence-corrected chi connectivity index (χ2v) is 5.73. The molecule has 4 heteroatoms. The summed E-state index contributed by atoms with van der Waals surface area (Å²) in [5.74, 6) is 0. The van der Waals surface area contributed by atoms with Crippen molar-refractivity contribution in [2.45, 2.75) is 40.8 Å². The van der Waals surface area contributed by atoms with Crippen LogP contribution in [0.3, 0.4) is 0 Å². The van der Waals surface area contributed by atoms with Gasteiger partial charge >= 0.3 is 0 Å². The maximum atomic E-state index is 6.11. The van der Waals surface area contributed by atoms with Gasteiger partial charge in [-0.2, -0.15) is 0 Å². The van der Waals surface area contributed by atoms with Gasteiger partial charge in [0.15, 0.2) is 0 Å². The Morgan fingerprint density at radius 2 is 1.73 bits per heavy atom. The van der Waals surface area contributed by atoms with Crippen molar-refractivity contribution in [3.63, 3.8) is 0 Å². The van der Waals surface area contributed by atoms with Gasteiger partial charge in [-0.1, -0.05) is 0 Å². The van der Waals surface area contributed by atoms with Crippen LogP contribution in [-0.4, -0.2) is 21.0 Å². The molecule has 0 aromatic rings. The predicted octanol–water partition coefficient (Wildman–Crippen LogP) is 3.60. The van der Waals surface area contributed by atoms with Crippen molar-refractivity contribution in [1.29, 1.82) is 0 Å². The molecule has 4 atom stereocenters. The molecule has 0 saturated heterocycles. The Labute approximate surface area is 87.1 Å². The fraction of sp³-hybridized carbons (Fsp3) is 1.00. The Hall–Kier alpha value is 1.16. The standard InChI is InChI=1S/C7H10Cl4/c1-7(11)3-5(9)4(8)2-6(7)10/h4-6H,2-3H2,1H3/t4-,5-,6+,7-/m0/s1. The number of halogens is 4. The maximum Gasteiger partial charge on any atom is 0.0596 e. The molecule has 66 valence electrons. The normalized spacial score (nSPS) is 52.6. The average Bonchev–Trinajstić information content (AvgIpc) is 1.83. The summed E-state index contributed by atoms with van der Waals surface area (Å²) in [6.45, 7) is 1.91. The average molecular weight is 236 g/mol. The minimum Gasteiger partial charge on any atom is -0.121 e. The zero-order valence-corrected chi connectivity index (χ0v) is 9.18. The van der Waals surface area contributed by atoms with E-state index >= 15 is 0 Å². The van der Waals surface area contributed by atoms with Crippen molar-refractivity contribution >= 4 is 46.4 Å². The number of hydrogen-bond donors (Lipinski definition) is 0. The highest BCUT2D eigenvalue weighted by Gasteiger charge is 2.41. The summed E-state index contributed by atoms with van der Waals surface area (Å²) in [6, 6.07) is 0. The van der Waals surface area contributed by atoms with Gasteiger partial charge in [0.1, 0.15) is 0 Å². The van der Waals surface area contributed by atoms with Gasteiger partial charge in [-0.15, -0.1) is 46.4 Å². The topological polar surface area (TPSA) is 0 Å². The summed E-state index contributed by atoms with van der Waals surface area (Å²) in [6.07, 6.45) is 1.37. The van der Waals surface area contributed by atoms with Crippen LogP contribution < -0.4 is 0 Å². The quantitative estimate of drug-likeness (QED) is 0.563. The largest absolute Gasteiger partial charge is 0.121 e. The first-order valence-corrected chi connectivity index (χ1v) is 5.23. The summed E-state index contributed by atoms with van der Waals surface area (Å²) >= 11 is 24.0. The molecule has 0 aromatic carbocycles. The molecule has 0 bridgehead atoms. The lowest BCUT2D eigenvalue weighted by Crippen LogP contribution is -2.42. The molecule has 0 unspecified atom stereocenters. The van der Waals surface area contributed by atoms with Gasteiger partial charge in [-0.05, 0) is 19.8 Å². The number of hydrogen-bond acceptors (Lipinski definition) is 0. The Balaban J connectivity index is 2.63. The van der Waals surface area contributed by atoms with Crippen LogP contribution in [0.4, 0.5) is 0 Å². The molecule has 0 aromatic heterocycles. The number of rotatable bonds is 0. The van der Waals surface area contributed by atoms with E-state index in [9.17, 15) is 0 Å². The van der Waals surface area contributed by atoms with Crippen LogP contribution in [0.25, 0.3) is 0 Å². The van der Waals surface area contributed by atoms with Crippen LogP contribution in [0.5, 0.6) is 0 Å². The Morgan fingerprint density at radius 3 is 2.18 bits per heavy atom. The smallest absolute Gasteiger partial charge is 0.0596 e. The second kappa shape index (κ2) is 3.49. The molecular formula is C7H10Cl4. The zero-order valence-electron chi connectivity index (χ0n) is 6.16. The molecule has 1 fully saturated rings. The van der Waals surface area contributed by atoms with Gasteiger partial charge < -0.3 is 0 Å². The molecule has 0 heterocycles. The summed E-state index contributed by atoms with van der Waals surface area (Å²) < 4.78 is 0. The molecule has 11 heavy (non-hydrogen) atoms. The minimum absolute atomic E-state index is 0.0361. The van der Waals surface area contributed by atoms with Crippen LogP contribution in [0.2, 0.25) is 0 Å². The molecule has 0 amide bonds. The zero-order chi connectivity index (χ0) is 8.65. The van der Waals surface area contributed by atoms with Crippen LogP contribution in [0, 0.1) is 0 Å². The van der Waals surface area contributed by atoms with E-state index in [0.717, 1.165) is 0 Å². The van der Waals surface area contributed by atoms with Crippen molar-refractivity contribution in [2.24, 2.45) is 0 Å². The Bertz CT molecular complexity index is 145. The maximum absolute atomic E-state index is 6.11. The molecule has 0 aliphatic heterocycles. The van der Waals surface area contributed by atoms with E-state index in [-0.39, 0.29) is 21.0 Å². The van der Waals surface area contributed by atoms with Gasteiger partial charge in [0.2, 0.25) is 0 Å². The lowest BCUT2D eigenvalue weighted by Gasteiger charge is -2.37. The lowest BCUT2D eigenvalue weighted by molar-refractivity contribution is 0.432. The molecule has 0 nitrogen and oxygen atoms in total. The van der Waals surface area contributed by atoms with E-state index < -0.39 is 0 Å². The van der Waals surface area contributed by atoms with E-state index in [0.29, 0.717) is 12.8 Å². The van der Waals surface area contributed by atoms with E-state index in [4.69, 9.17) is 46.4 Å². The predicted molar refractivity (Wildman–Crippen MR) is 52.4 cm³/mol. The highest BCUT2D eigenvalue weighted by molar-refractivity contribution is 6.35. The molecule has 1 aliphatic rings. The van der Waals surface area contributed by atoms with Crippen molar-refractivity contribution in [1.82, 2.24) is 0 Å². The summed E-state index contributed by atoms with van der Waals surface area (Å²) in [7, 11) is 0. The van der Waals surface area contributed by atoms with Gasteiger partial charge in [-0.25, -0.2) is 0 Å². The SMILES string of the molecule is C[C@]1(Cl)C[C@H](Cl)[C@@H](Cl)C[C@H]1Cl.